The minimum Gasteiger partial charge on any atom is -0.370 e. The maximum Gasteiger partial charge on any atom is 0.0411 e. The summed E-state index contributed by atoms with van der Waals surface area (Å²) in [5.74, 6) is 1.60. The van der Waals surface area contributed by atoms with Crippen LogP contribution in [0, 0.1) is 6.92 Å². The van der Waals surface area contributed by atoms with Crippen LogP contribution in [0.3, 0.4) is 0 Å². The first-order chi connectivity index (χ1) is 9.35. The Hall–Kier alpha value is -0.870. The summed E-state index contributed by atoms with van der Waals surface area (Å²) in [6, 6.07) is 6.67. The summed E-state index contributed by atoms with van der Waals surface area (Å²) in [6.45, 7) is 11.4. The van der Waals surface area contributed by atoms with E-state index in [2.05, 4.69) is 56.1 Å². The van der Waals surface area contributed by atoms with Gasteiger partial charge < -0.3 is 10.2 Å². The highest BCUT2D eigenvalue weighted by Gasteiger charge is 2.16. The van der Waals surface area contributed by atoms with E-state index in [0.717, 1.165) is 31.1 Å². The molecule has 112 valence electrons. The fourth-order valence-corrected chi connectivity index (χ4v) is 3.38. The molecule has 0 unspecified atom stereocenters. The molecular formula is C16H26N2OS. The highest BCUT2D eigenvalue weighted by molar-refractivity contribution is 7.85. The quantitative estimate of drug-likeness (QED) is 0.929. The molecule has 1 saturated heterocycles. The van der Waals surface area contributed by atoms with E-state index in [9.17, 15) is 4.21 Å². The minimum absolute atomic E-state index is 0.141. The van der Waals surface area contributed by atoms with E-state index in [1.165, 1.54) is 16.8 Å². The number of hydrogen-bond donors (Lipinski definition) is 1. The van der Waals surface area contributed by atoms with Crippen molar-refractivity contribution in [3.8, 4) is 0 Å². The van der Waals surface area contributed by atoms with Gasteiger partial charge in [-0.2, -0.15) is 0 Å². The van der Waals surface area contributed by atoms with Gasteiger partial charge in [0.25, 0.3) is 0 Å². The molecule has 0 aromatic heterocycles. The van der Waals surface area contributed by atoms with Crippen LogP contribution in [0.2, 0.25) is 0 Å². The van der Waals surface area contributed by atoms with Gasteiger partial charge in [-0.3, -0.25) is 4.21 Å². The van der Waals surface area contributed by atoms with Gasteiger partial charge in [0.2, 0.25) is 0 Å². The third-order valence-corrected chi connectivity index (χ3v) is 4.95. The van der Waals surface area contributed by atoms with Crippen molar-refractivity contribution < 1.29 is 4.21 Å². The maximum absolute atomic E-state index is 11.4. The highest BCUT2D eigenvalue weighted by Crippen LogP contribution is 2.21. The molecule has 1 aromatic carbocycles. The summed E-state index contributed by atoms with van der Waals surface area (Å²) in [5.41, 5.74) is 4.08. The van der Waals surface area contributed by atoms with E-state index in [1.54, 1.807) is 0 Å². The predicted molar refractivity (Wildman–Crippen MR) is 87.9 cm³/mol. The summed E-state index contributed by atoms with van der Waals surface area (Å²) < 4.78 is 11.4. The summed E-state index contributed by atoms with van der Waals surface area (Å²) >= 11 is 0. The van der Waals surface area contributed by atoms with E-state index < -0.39 is 10.8 Å². The van der Waals surface area contributed by atoms with Crippen molar-refractivity contribution in [2.75, 3.05) is 29.5 Å². The Morgan fingerprint density at radius 1 is 1.25 bits per heavy atom. The average Bonchev–Trinajstić information content (AvgIpc) is 2.37. The van der Waals surface area contributed by atoms with Crippen molar-refractivity contribution in [2.45, 2.75) is 39.8 Å². The van der Waals surface area contributed by atoms with Gasteiger partial charge in [-0.05, 0) is 51.0 Å². The van der Waals surface area contributed by atoms with Crippen LogP contribution in [0.5, 0.6) is 0 Å². The Bertz CT molecular complexity index is 484. The molecule has 3 nitrogen and oxygen atoms in total. The predicted octanol–water partition coefficient (Wildman–Crippen LogP) is 2.45. The molecule has 20 heavy (non-hydrogen) atoms. The number of rotatable bonds is 3. The summed E-state index contributed by atoms with van der Waals surface area (Å²) in [7, 11) is -0.609. The van der Waals surface area contributed by atoms with Crippen LogP contribution < -0.4 is 10.2 Å². The van der Waals surface area contributed by atoms with Crippen LogP contribution in [0.25, 0.3) is 0 Å². The first kappa shape index (κ1) is 15.5. The molecule has 0 radical (unpaired) electrons. The SMILES string of the molecule is Cc1cc(N2CCS(=O)CC2)ccc1CNC(C)(C)C. The van der Waals surface area contributed by atoms with Gasteiger partial charge in [0.15, 0.2) is 0 Å². The van der Waals surface area contributed by atoms with Crippen molar-refractivity contribution in [3.63, 3.8) is 0 Å². The average molecular weight is 294 g/mol. The number of anilines is 1. The van der Waals surface area contributed by atoms with Crippen LogP contribution in [0.15, 0.2) is 18.2 Å². The van der Waals surface area contributed by atoms with E-state index in [-0.39, 0.29) is 5.54 Å². The molecule has 1 N–H and O–H groups in total. The van der Waals surface area contributed by atoms with Crippen molar-refractivity contribution >= 4 is 16.5 Å². The van der Waals surface area contributed by atoms with E-state index in [4.69, 9.17) is 0 Å². The number of hydrogen-bond acceptors (Lipinski definition) is 3. The normalized spacial score (nSPS) is 17.5. The lowest BCUT2D eigenvalue weighted by Crippen LogP contribution is -2.37. The number of nitrogens with one attached hydrogen (secondary N) is 1. The van der Waals surface area contributed by atoms with Crippen LogP contribution in [0.4, 0.5) is 5.69 Å². The molecule has 1 heterocycles. The van der Waals surface area contributed by atoms with Crippen molar-refractivity contribution in [1.82, 2.24) is 5.32 Å². The monoisotopic (exact) mass is 294 g/mol. The lowest BCUT2D eigenvalue weighted by atomic mass is 10.0. The van der Waals surface area contributed by atoms with Gasteiger partial charge in [0.1, 0.15) is 0 Å². The lowest BCUT2D eigenvalue weighted by molar-refractivity contribution is 0.424. The molecule has 0 aliphatic carbocycles. The molecule has 0 atom stereocenters. The first-order valence-electron chi connectivity index (χ1n) is 7.30. The molecule has 0 saturated carbocycles. The second-order valence-electron chi connectivity index (χ2n) is 6.55. The van der Waals surface area contributed by atoms with E-state index in [0.29, 0.717) is 0 Å². The van der Waals surface area contributed by atoms with Crippen molar-refractivity contribution in [3.05, 3.63) is 29.3 Å². The molecular weight excluding hydrogens is 268 g/mol. The second-order valence-corrected chi connectivity index (χ2v) is 8.25. The molecule has 0 bridgehead atoms. The topological polar surface area (TPSA) is 32.3 Å². The van der Waals surface area contributed by atoms with E-state index in [1.807, 2.05) is 0 Å². The van der Waals surface area contributed by atoms with Crippen LogP contribution in [-0.4, -0.2) is 34.3 Å². The highest BCUT2D eigenvalue weighted by atomic mass is 32.2. The summed E-state index contributed by atoms with van der Waals surface area (Å²) in [4.78, 5) is 2.34. The van der Waals surface area contributed by atoms with Crippen molar-refractivity contribution in [2.24, 2.45) is 0 Å². The molecule has 0 spiro atoms. The molecule has 1 aliphatic heterocycles. The molecule has 1 aromatic rings. The third kappa shape index (κ3) is 4.32. The zero-order chi connectivity index (χ0) is 14.8. The molecule has 1 aliphatic rings. The lowest BCUT2D eigenvalue weighted by Gasteiger charge is -2.29. The Morgan fingerprint density at radius 2 is 1.90 bits per heavy atom. The Labute approximate surface area is 125 Å². The Kier molecular flexibility index (Phi) is 4.86. The molecule has 0 amide bonds. The Balaban J connectivity index is 2.04. The van der Waals surface area contributed by atoms with Gasteiger partial charge in [-0.1, -0.05) is 6.07 Å². The van der Waals surface area contributed by atoms with Gasteiger partial charge >= 0.3 is 0 Å². The van der Waals surface area contributed by atoms with Gasteiger partial charge in [0, 0.05) is 53.2 Å². The smallest absolute Gasteiger partial charge is 0.0411 e. The molecule has 2 rings (SSSR count). The third-order valence-electron chi connectivity index (χ3n) is 3.68. The summed E-state index contributed by atoms with van der Waals surface area (Å²) in [6.07, 6.45) is 0. The summed E-state index contributed by atoms with van der Waals surface area (Å²) in [5, 5.41) is 3.53. The maximum atomic E-state index is 11.4. The molecule has 1 fully saturated rings. The molecule has 4 heteroatoms. The minimum atomic E-state index is -0.609. The standard InChI is InChI=1S/C16H26N2OS/c1-13-11-15(18-7-9-20(19)10-8-18)6-5-14(13)12-17-16(2,3)4/h5-6,11,17H,7-10,12H2,1-4H3. The van der Waals surface area contributed by atoms with Gasteiger partial charge in [0.05, 0.1) is 0 Å². The fraction of sp³-hybridized carbons (Fsp3) is 0.625. The number of aryl methyl sites for hydroxylation is 1. The Morgan fingerprint density at radius 3 is 2.45 bits per heavy atom. The van der Waals surface area contributed by atoms with Crippen molar-refractivity contribution in [1.29, 1.82) is 0 Å². The van der Waals surface area contributed by atoms with E-state index >= 15 is 0 Å². The largest absolute Gasteiger partial charge is 0.370 e. The van der Waals surface area contributed by atoms with Gasteiger partial charge in [-0.15, -0.1) is 0 Å². The van der Waals surface area contributed by atoms with Crippen LogP contribution in [0.1, 0.15) is 31.9 Å². The zero-order valence-electron chi connectivity index (χ0n) is 13.0. The first-order valence-corrected chi connectivity index (χ1v) is 8.78. The second kappa shape index (κ2) is 6.27. The van der Waals surface area contributed by atoms with Crippen LogP contribution >= 0.6 is 0 Å². The zero-order valence-corrected chi connectivity index (χ0v) is 13.8. The van der Waals surface area contributed by atoms with Gasteiger partial charge in [-0.25, -0.2) is 0 Å². The number of benzene rings is 1. The fourth-order valence-electron chi connectivity index (χ4n) is 2.33. The van der Waals surface area contributed by atoms with Crippen LogP contribution in [-0.2, 0) is 17.3 Å². The number of nitrogens with zero attached hydrogens (tertiary/aromatic N) is 1.